The summed E-state index contributed by atoms with van der Waals surface area (Å²) in [6.07, 6.45) is 5.87. The van der Waals surface area contributed by atoms with Gasteiger partial charge in [-0.05, 0) is 59.7 Å². The molecule has 3 nitrogen and oxygen atoms in total. The fourth-order valence-corrected chi connectivity index (χ4v) is 4.18. The van der Waals surface area contributed by atoms with Crippen molar-refractivity contribution in [1.82, 2.24) is 0 Å². The number of hydrogen-bond acceptors (Lipinski definition) is 2. The number of carbonyl (C=O) groups is 1. The lowest BCUT2D eigenvalue weighted by Gasteiger charge is -2.39. The predicted octanol–water partition coefficient (Wildman–Crippen LogP) is 4.06. The van der Waals surface area contributed by atoms with Gasteiger partial charge < -0.3 is 10.0 Å². The second-order valence-electron chi connectivity index (χ2n) is 5.66. The molecule has 1 aromatic rings. The minimum absolute atomic E-state index is 0.0220. The van der Waals surface area contributed by atoms with Crippen molar-refractivity contribution in [1.29, 1.82) is 0 Å². The van der Waals surface area contributed by atoms with E-state index in [0.29, 0.717) is 17.6 Å². The van der Waals surface area contributed by atoms with Crippen molar-refractivity contribution in [2.75, 3.05) is 11.4 Å². The van der Waals surface area contributed by atoms with Gasteiger partial charge in [0.1, 0.15) is 0 Å². The van der Waals surface area contributed by atoms with E-state index in [1.807, 2.05) is 0 Å². The molecule has 0 radical (unpaired) electrons. The highest BCUT2D eigenvalue weighted by Crippen LogP contribution is 2.41. The number of rotatable bonds is 2. The fraction of sp³-hybridized carbons (Fsp3) is 0.533. The number of carboxylic acid groups (broad SMARTS) is 1. The van der Waals surface area contributed by atoms with Crippen molar-refractivity contribution < 1.29 is 14.3 Å². The van der Waals surface area contributed by atoms with E-state index in [2.05, 4.69) is 20.8 Å². The maximum Gasteiger partial charge on any atom is 0.336 e. The number of benzene rings is 1. The standard InChI is InChI=1S/C15H17BrFNO2/c16-13-10(15(19)20)6-7-12(14(13)17)18-8-2-4-9-3-1-5-11(9)18/h6-7,9,11H,1-5,8H2,(H,19,20). The Hall–Kier alpha value is -1.10. The molecule has 1 heterocycles. The van der Waals surface area contributed by atoms with E-state index in [4.69, 9.17) is 5.11 Å². The maximum atomic E-state index is 14.5. The van der Waals surface area contributed by atoms with Gasteiger partial charge in [-0.25, -0.2) is 9.18 Å². The first-order valence-corrected chi connectivity index (χ1v) is 7.87. The third kappa shape index (κ3) is 2.22. The molecular formula is C15H17BrFNO2. The summed E-state index contributed by atoms with van der Waals surface area (Å²) in [5.74, 6) is -0.891. The van der Waals surface area contributed by atoms with E-state index in [9.17, 15) is 9.18 Å². The quantitative estimate of drug-likeness (QED) is 0.881. The summed E-state index contributed by atoms with van der Waals surface area (Å²) in [7, 11) is 0. The van der Waals surface area contributed by atoms with E-state index in [0.717, 1.165) is 19.4 Å². The largest absolute Gasteiger partial charge is 0.478 e. The van der Waals surface area contributed by atoms with E-state index < -0.39 is 11.8 Å². The Bertz CT molecular complexity index is 549. The fourth-order valence-electron chi connectivity index (χ4n) is 3.68. The van der Waals surface area contributed by atoms with Crippen LogP contribution in [0.2, 0.25) is 0 Å². The summed E-state index contributed by atoms with van der Waals surface area (Å²) in [6, 6.07) is 3.52. The third-order valence-electron chi connectivity index (χ3n) is 4.59. The van der Waals surface area contributed by atoms with Crippen LogP contribution >= 0.6 is 15.9 Å². The van der Waals surface area contributed by atoms with Crippen LogP contribution < -0.4 is 4.90 Å². The van der Waals surface area contributed by atoms with Gasteiger partial charge in [0.05, 0.1) is 15.7 Å². The number of aromatic carboxylic acids is 1. The highest BCUT2D eigenvalue weighted by molar-refractivity contribution is 9.10. The highest BCUT2D eigenvalue weighted by atomic mass is 79.9. The van der Waals surface area contributed by atoms with Crippen LogP contribution in [0.25, 0.3) is 0 Å². The molecule has 5 heteroatoms. The average Bonchev–Trinajstić information content (AvgIpc) is 2.89. The molecule has 2 atom stereocenters. The number of fused-ring (bicyclic) bond motifs is 1. The van der Waals surface area contributed by atoms with Crippen molar-refractivity contribution in [2.45, 2.75) is 38.1 Å². The zero-order valence-electron chi connectivity index (χ0n) is 11.1. The van der Waals surface area contributed by atoms with Crippen LogP contribution in [-0.4, -0.2) is 23.7 Å². The molecule has 1 aromatic carbocycles. The molecule has 108 valence electrons. The molecule has 1 aliphatic carbocycles. The van der Waals surface area contributed by atoms with Crippen LogP contribution in [0.15, 0.2) is 16.6 Å². The molecule has 2 fully saturated rings. The average molecular weight is 342 g/mol. The Morgan fingerprint density at radius 2 is 2.05 bits per heavy atom. The minimum Gasteiger partial charge on any atom is -0.478 e. The zero-order valence-corrected chi connectivity index (χ0v) is 12.7. The Balaban J connectivity index is 1.97. The molecule has 0 amide bonds. The van der Waals surface area contributed by atoms with Gasteiger partial charge in [0.2, 0.25) is 0 Å². The number of halogens is 2. The molecule has 1 aliphatic heterocycles. The van der Waals surface area contributed by atoms with Gasteiger partial charge >= 0.3 is 5.97 Å². The second-order valence-corrected chi connectivity index (χ2v) is 6.45. The molecule has 1 N–H and O–H groups in total. The minimum atomic E-state index is -1.11. The topological polar surface area (TPSA) is 40.5 Å². The van der Waals surface area contributed by atoms with Crippen LogP contribution in [0.4, 0.5) is 10.1 Å². The van der Waals surface area contributed by atoms with Crippen molar-refractivity contribution in [2.24, 2.45) is 5.92 Å². The smallest absolute Gasteiger partial charge is 0.336 e. The lowest BCUT2D eigenvalue weighted by atomic mass is 9.91. The second kappa shape index (κ2) is 5.35. The lowest BCUT2D eigenvalue weighted by Crippen LogP contribution is -2.43. The molecule has 0 aromatic heterocycles. The number of anilines is 1. The van der Waals surface area contributed by atoms with Crippen LogP contribution in [0.5, 0.6) is 0 Å². The summed E-state index contributed by atoms with van der Waals surface area (Å²) in [6.45, 7) is 0.858. The molecular weight excluding hydrogens is 325 g/mol. The number of piperidine rings is 1. The highest BCUT2D eigenvalue weighted by Gasteiger charge is 2.36. The normalized spacial score (nSPS) is 25.6. The summed E-state index contributed by atoms with van der Waals surface area (Å²) < 4.78 is 14.6. The Labute approximate surface area is 125 Å². The monoisotopic (exact) mass is 341 g/mol. The lowest BCUT2D eigenvalue weighted by molar-refractivity contribution is 0.0695. The van der Waals surface area contributed by atoms with Crippen molar-refractivity contribution >= 4 is 27.6 Å². The molecule has 0 bridgehead atoms. The van der Waals surface area contributed by atoms with Crippen molar-refractivity contribution in [3.8, 4) is 0 Å². The van der Waals surface area contributed by atoms with Crippen LogP contribution in [0, 0.1) is 11.7 Å². The first-order valence-electron chi connectivity index (χ1n) is 7.07. The van der Waals surface area contributed by atoms with Gasteiger partial charge in [-0.3, -0.25) is 0 Å². The number of hydrogen-bond donors (Lipinski definition) is 1. The number of carboxylic acids is 1. The molecule has 2 unspecified atom stereocenters. The van der Waals surface area contributed by atoms with Crippen molar-refractivity contribution in [3.63, 3.8) is 0 Å². The summed E-state index contributed by atoms with van der Waals surface area (Å²) in [5, 5.41) is 9.03. The maximum absolute atomic E-state index is 14.5. The van der Waals surface area contributed by atoms with Gasteiger partial charge in [0.15, 0.2) is 5.82 Å². The Morgan fingerprint density at radius 1 is 1.30 bits per heavy atom. The van der Waals surface area contributed by atoms with Crippen LogP contribution in [0.1, 0.15) is 42.5 Å². The SMILES string of the molecule is O=C(O)c1ccc(N2CCCC3CCCC32)c(F)c1Br. The molecule has 1 saturated heterocycles. The summed E-state index contributed by atoms with van der Waals surface area (Å²) in [5.41, 5.74) is 0.518. The van der Waals surface area contributed by atoms with Gasteiger partial charge in [0, 0.05) is 12.6 Å². The van der Waals surface area contributed by atoms with Crippen LogP contribution in [-0.2, 0) is 0 Å². The molecule has 3 rings (SSSR count). The Morgan fingerprint density at radius 3 is 2.80 bits per heavy atom. The van der Waals surface area contributed by atoms with Crippen LogP contribution in [0.3, 0.4) is 0 Å². The van der Waals surface area contributed by atoms with E-state index in [-0.39, 0.29) is 10.0 Å². The first kappa shape index (κ1) is 13.9. The summed E-state index contributed by atoms with van der Waals surface area (Å²) in [4.78, 5) is 13.2. The van der Waals surface area contributed by atoms with E-state index in [1.165, 1.54) is 25.3 Å². The molecule has 20 heavy (non-hydrogen) atoms. The zero-order chi connectivity index (χ0) is 14.3. The molecule has 2 aliphatic rings. The Kier molecular flexibility index (Phi) is 3.71. The third-order valence-corrected chi connectivity index (χ3v) is 5.37. The van der Waals surface area contributed by atoms with Gasteiger partial charge in [-0.1, -0.05) is 6.42 Å². The summed E-state index contributed by atoms with van der Waals surface area (Å²) >= 11 is 3.09. The molecule has 1 saturated carbocycles. The van der Waals surface area contributed by atoms with Gasteiger partial charge in [-0.2, -0.15) is 0 Å². The predicted molar refractivity (Wildman–Crippen MR) is 78.8 cm³/mol. The van der Waals surface area contributed by atoms with Gasteiger partial charge in [0.25, 0.3) is 0 Å². The van der Waals surface area contributed by atoms with Gasteiger partial charge in [-0.15, -0.1) is 0 Å². The number of nitrogens with zero attached hydrogens (tertiary/aromatic N) is 1. The van der Waals surface area contributed by atoms with E-state index in [1.54, 1.807) is 6.07 Å². The molecule has 0 spiro atoms. The van der Waals surface area contributed by atoms with E-state index >= 15 is 0 Å². The first-order chi connectivity index (χ1) is 9.59. The van der Waals surface area contributed by atoms with Crippen molar-refractivity contribution in [3.05, 3.63) is 28.0 Å².